The van der Waals surface area contributed by atoms with Crippen molar-refractivity contribution in [3.05, 3.63) is 39.7 Å². The molecule has 1 aliphatic rings. The van der Waals surface area contributed by atoms with Gasteiger partial charge in [-0.2, -0.15) is 0 Å². The first-order chi connectivity index (χ1) is 9.13. The second-order valence-corrected chi connectivity index (χ2v) is 4.67. The van der Waals surface area contributed by atoms with Gasteiger partial charge in [-0.25, -0.2) is 4.39 Å². The number of nitrogens with zero attached hydrogens (tertiary/aromatic N) is 2. The molecule has 0 saturated carbocycles. The van der Waals surface area contributed by atoms with Crippen LogP contribution in [0.1, 0.15) is 24.9 Å². The molecule has 1 aromatic rings. The highest BCUT2D eigenvalue weighted by atomic mass is 19.1. The molecule has 1 saturated heterocycles. The standard InChI is InChI=1S/C13H18FN3O2/c1-2-12(16-7-5-15-6-8-16)11-9-10(14)3-4-13(11)17(18)19/h3-4,9,12,15H,2,5-8H2,1H3/t12-/m1/s1. The van der Waals surface area contributed by atoms with Gasteiger partial charge in [0.2, 0.25) is 0 Å². The van der Waals surface area contributed by atoms with Crippen LogP contribution < -0.4 is 5.32 Å². The zero-order valence-corrected chi connectivity index (χ0v) is 10.9. The van der Waals surface area contributed by atoms with Crippen LogP contribution in [0.25, 0.3) is 0 Å². The third-order valence-corrected chi connectivity index (χ3v) is 3.52. The van der Waals surface area contributed by atoms with Crippen LogP contribution in [0.3, 0.4) is 0 Å². The quantitative estimate of drug-likeness (QED) is 0.670. The Morgan fingerprint density at radius 1 is 1.47 bits per heavy atom. The van der Waals surface area contributed by atoms with E-state index < -0.39 is 10.7 Å². The van der Waals surface area contributed by atoms with Gasteiger partial charge in [0.05, 0.1) is 4.92 Å². The van der Waals surface area contributed by atoms with Crippen LogP contribution in [0.2, 0.25) is 0 Å². The van der Waals surface area contributed by atoms with E-state index in [4.69, 9.17) is 0 Å². The molecule has 104 valence electrons. The number of benzene rings is 1. The van der Waals surface area contributed by atoms with E-state index in [1.165, 1.54) is 12.1 Å². The zero-order valence-electron chi connectivity index (χ0n) is 10.9. The van der Waals surface area contributed by atoms with E-state index in [0.29, 0.717) is 5.56 Å². The molecule has 1 heterocycles. The summed E-state index contributed by atoms with van der Waals surface area (Å²) in [6.45, 7) is 5.35. The largest absolute Gasteiger partial charge is 0.314 e. The van der Waals surface area contributed by atoms with Crippen LogP contribution in [0.5, 0.6) is 0 Å². The summed E-state index contributed by atoms with van der Waals surface area (Å²) < 4.78 is 13.4. The number of hydrogen-bond acceptors (Lipinski definition) is 4. The van der Waals surface area contributed by atoms with Gasteiger partial charge >= 0.3 is 0 Å². The Bertz CT molecular complexity index is 461. The summed E-state index contributed by atoms with van der Waals surface area (Å²) in [5, 5.41) is 14.3. The highest BCUT2D eigenvalue weighted by molar-refractivity contribution is 5.42. The Morgan fingerprint density at radius 3 is 2.74 bits per heavy atom. The van der Waals surface area contributed by atoms with Crippen molar-refractivity contribution in [2.24, 2.45) is 0 Å². The smallest absolute Gasteiger partial charge is 0.274 e. The minimum absolute atomic E-state index is 0.00628. The average Bonchev–Trinajstić information content (AvgIpc) is 2.40. The molecule has 0 aliphatic carbocycles. The number of hydrogen-bond donors (Lipinski definition) is 1. The SMILES string of the molecule is CC[C@H](c1cc(F)ccc1[N+](=O)[O-])N1CCNCC1. The summed E-state index contributed by atoms with van der Waals surface area (Å²) in [5.41, 5.74) is 0.487. The fraction of sp³-hybridized carbons (Fsp3) is 0.538. The molecule has 0 spiro atoms. The van der Waals surface area contributed by atoms with Crippen LogP contribution in [-0.2, 0) is 0 Å². The maximum Gasteiger partial charge on any atom is 0.274 e. The van der Waals surface area contributed by atoms with E-state index in [1.54, 1.807) is 0 Å². The molecule has 19 heavy (non-hydrogen) atoms. The van der Waals surface area contributed by atoms with Gasteiger partial charge in [-0.1, -0.05) is 6.92 Å². The number of rotatable bonds is 4. The minimum atomic E-state index is -0.431. The first-order valence-electron chi connectivity index (χ1n) is 6.52. The van der Waals surface area contributed by atoms with E-state index in [9.17, 15) is 14.5 Å². The lowest BCUT2D eigenvalue weighted by atomic mass is 10.00. The molecule has 1 aliphatic heterocycles. The number of nitro benzene ring substituents is 1. The molecular formula is C13H18FN3O2. The summed E-state index contributed by atoms with van der Waals surface area (Å²) in [6.07, 6.45) is 0.726. The molecule has 0 aromatic heterocycles. The van der Waals surface area contributed by atoms with Gasteiger partial charge < -0.3 is 5.32 Å². The second kappa shape index (κ2) is 6.08. The van der Waals surface area contributed by atoms with Gasteiger partial charge in [0.1, 0.15) is 5.82 Å². The van der Waals surface area contributed by atoms with Crippen molar-refractivity contribution >= 4 is 5.69 Å². The van der Waals surface area contributed by atoms with Crippen molar-refractivity contribution in [3.8, 4) is 0 Å². The van der Waals surface area contributed by atoms with E-state index in [2.05, 4.69) is 10.2 Å². The zero-order chi connectivity index (χ0) is 13.8. The number of piperazine rings is 1. The fourth-order valence-corrected chi connectivity index (χ4v) is 2.63. The Balaban J connectivity index is 2.35. The highest BCUT2D eigenvalue weighted by Gasteiger charge is 2.27. The molecule has 0 radical (unpaired) electrons. The summed E-state index contributed by atoms with van der Waals surface area (Å²) >= 11 is 0. The van der Waals surface area contributed by atoms with Crippen molar-refractivity contribution < 1.29 is 9.31 Å². The molecule has 6 heteroatoms. The number of nitro groups is 1. The van der Waals surface area contributed by atoms with Gasteiger partial charge in [-0.15, -0.1) is 0 Å². The number of halogens is 1. The predicted octanol–water partition coefficient (Wildman–Crippen LogP) is 2.09. The first-order valence-corrected chi connectivity index (χ1v) is 6.52. The van der Waals surface area contributed by atoms with Crippen molar-refractivity contribution in [1.29, 1.82) is 0 Å². The van der Waals surface area contributed by atoms with E-state index >= 15 is 0 Å². The fourth-order valence-electron chi connectivity index (χ4n) is 2.63. The van der Waals surface area contributed by atoms with Crippen LogP contribution in [-0.4, -0.2) is 36.0 Å². The van der Waals surface area contributed by atoms with E-state index in [-0.39, 0.29) is 11.7 Å². The Morgan fingerprint density at radius 2 is 2.16 bits per heavy atom. The van der Waals surface area contributed by atoms with Gasteiger partial charge in [-0.05, 0) is 18.6 Å². The lowest BCUT2D eigenvalue weighted by molar-refractivity contribution is -0.386. The Labute approximate surface area is 111 Å². The minimum Gasteiger partial charge on any atom is -0.314 e. The Kier molecular flexibility index (Phi) is 4.44. The van der Waals surface area contributed by atoms with Gasteiger partial charge in [0.25, 0.3) is 5.69 Å². The van der Waals surface area contributed by atoms with Crippen LogP contribution in [0.4, 0.5) is 10.1 Å². The van der Waals surface area contributed by atoms with Crippen molar-refractivity contribution in [2.75, 3.05) is 26.2 Å². The van der Waals surface area contributed by atoms with Crippen LogP contribution >= 0.6 is 0 Å². The molecular weight excluding hydrogens is 249 g/mol. The summed E-state index contributed by atoms with van der Waals surface area (Å²) in [7, 11) is 0. The molecule has 1 N–H and O–H groups in total. The molecule has 5 nitrogen and oxygen atoms in total. The summed E-state index contributed by atoms with van der Waals surface area (Å²) in [4.78, 5) is 12.8. The van der Waals surface area contributed by atoms with Crippen molar-refractivity contribution in [2.45, 2.75) is 19.4 Å². The summed E-state index contributed by atoms with van der Waals surface area (Å²) in [6, 6.07) is 3.61. The molecule has 2 rings (SSSR count). The molecule has 1 atom stereocenters. The molecule has 0 bridgehead atoms. The lowest BCUT2D eigenvalue weighted by Gasteiger charge is -2.34. The Hall–Kier alpha value is -1.53. The molecule has 0 unspecified atom stereocenters. The monoisotopic (exact) mass is 267 g/mol. The molecule has 1 aromatic carbocycles. The number of nitrogens with one attached hydrogen (secondary N) is 1. The van der Waals surface area contributed by atoms with Gasteiger partial charge in [0.15, 0.2) is 0 Å². The third-order valence-electron chi connectivity index (χ3n) is 3.52. The molecule has 0 amide bonds. The van der Waals surface area contributed by atoms with Gasteiger partial charge in [-0.3, -0.25) is 15.0 Å². The van der Waals surface area contributed by atoms with E-state index in [1.807, 2.05) is 6.92 Å². The predicted molar refractivity (Wildman–Crippen MR) is 70.5 cm³/mol. The van der Waals surface area contributed by atoms with Crippen LogP contribution in [0.15, 0.2) is 18.2 Å². The van der Waals surface area contributed by atoms with Crippen molar-refractivity contribution in [3.63, 3.8) is 0 Å². The summed E-state index contributed by atoms with van der Waals surface area (Å²) in [5.74, 6) is -0.422. The lowest BCUT2D eigenvalue weighted by Crippen LogP contribution is -2.45. The second-order valence-electron chi connectivity index (χ2n) is 4.67. The molecule has 1 fully saturated rings. The average molecular weight is 267 g/mol. The topological polar surface area (TPSA) is 58.4 Å². The van der Waals surface area contributed by atoms with Crippen LogP contribution in [0, 0.1) is 15.9 Å². The maximum absolute atomic E-state index is 13.4. The van der Waals surface area contributed by atoms with E-state index in [0.717, 1.165) is 38.7 Å². The van der Waals surface area contributed by atoms with Gasteiger partial charge in [0, 0.05) is 43.9 Å². The highest BCUT2D eigenvalue weighted by Crippen LogP contribution is 2.32. The first kappa shape index (κ1) is 13.9. The third kappa shape index (κ3) is 3.08. The normalized spacial score (nSPS) is 18.2. The van der Waals surface area contributed by atoms with Crippen molar-refractivity contribution in [1.82, 2.24) is 10.2 Å². The maximum atomic E-state index is 13.4.